The van der Waals surface area contributed by atoms with Crippen LogP contribution in [0, 0.1) is 6.92 Å². The Hall–Kier alpha value is -1.23. The lowest BCUT2D eigenvalue weighted by atomic mass is 10.4. The third-order valence-corrected chi connectivity index (χ3v) is 2.09. The molecule has 0 spiro atoms. The van der Waals surface area contributed by atoms with Gasteiger partial charge in [0, 0.05) is 12.7 Å². The highest BCUT2D eigenvalue weighted by Crippen LogP contribution is 1.93. The van der Waals surface area contributed by atoms with Crippen molar-refractivity contribution in [1.82, 2.24) is 20.6 Å². The second-order valence-corrected chi connectivity index (χ2v) is 3.61. The predicted molar refractivity (Wildman–Crippen MR) is 64.5 cm³/mol. The molecule has 5 heteroatoms. The Morgan fingerprint density at radius 1 is 1.47 bits per heavy atom. The zero-order chi connectivity index (χ0) is 11.1. The van der Waals surface area contributed by atoms with Crippen LogP contribution >= 0.6 is 12.2 Å². The van der Waals surface area contributed by atoms with E-state index in [-0.39, 0.29) is 0 Å². The van der Waals surface area contributed by atoms with Crippen molar-refractivity contribution in [3.63, 3.8) is 0 Å². The van der Waals surface area contributed by atoms with Crippen molar-refractivity contribution in [1.29, 1.82) is 0 Å². The van der Waals surface area contributed by atoms with Crippen molar-refractivity contribution < 1.29 is 0 Å². The van der Waals surface area contributed by atoms with Crippen molar-refractivity contribution in [3.05, 3.63) is 23.8 Å². The molecule has 4 nitrogen and oxygen atoms in total. The maximum Gasteiger partial charge on any atom is 0.166 e. The first-order valence-corrected chi connectivity index (χ1v) is 5.43. The molecular weight excluding hydrogens is 208 g/mol. The van der Waals surface area contributed by atoms with Gasteiger partial charge in [-0.15, -0.1) is 0 Å². The third-order valence-electron chi connectivity index (χ3n) is 1.80. The van der Waals surface area contributed by atoms with Crippen LogP contribution in [0.1, 0.15) is 24.9 Å². The van der Waals surface area contributed by atoms with Crippen LogP contribution in [0.5, 0.6) is 0 Å². The van der Waals surface area contributed by atoms with Gasteiger partial charge in [-0.1, -0.05) is 6.92 Å². The van der Waals surface area contributed by atoms with E-state index in [9.17, 15) is 0 Å². The molecular formula is C10H16N4S. The number of hydrogen-bond acceptors (Lipinski definition) is 3. The maximum atomic E-state index is 5.09. The van der Waals surface area contributed by atoms with E-state index >= 15 is 0 Å². The molecule has 0 aliphatic heterocycles. The molecule has 2 N–H and O–H groups in total. The van der Waals surface area contributed by atoms with Crippen LogP contribution in [0.2, 0.25) is 0 Å². The second-order valence-electron chi connectivity index (χ2n) is 3.20. The lowest BCUT2D eigenvalue weighted by Crippen LogP contribution is -2.35. The minimum absolute atomic E-state index is 0.638. The first-order chi connectivity index (χ1) is 7.22. The summed E-state index contributed by atoms with van der Waals surface area (Å²) in [6.45, 7) is 5.51. The Morgan fingerprint density at radius 2 is 2.27 bits per heavy atom. The van der Waals surface area contributed by atoms with Crippen LogP contribution in [-0.4, -0.2) is 21.6 Å². The summed E-state index contributed by atoms with van der Waals surface area (Å²) in [5.41, 5.74) is 0.947. The molecule has 82 valence electrons. The van der Waals surface area contributed by atoms with Crippen molar-refractivity contribution in [2.75, 3.05) is 6.54 Å². The van der Waals surface area contributed by atoms with Gasteiger partial charge in [0.15, 0.2) is 5.11 Å². The van der Waals surface area contributed by atoms with Crippen molar-refractivity contribution >= 4 is 17.3 Å². The van der Waals surface area contributed by atoms with Gasteiger partial charge in [-0.05, 0) is 31.6 Å². The number of aryl methyl sites for hydroxylation is 1. The lowest BCUT2D eigenvalue weighted by Gasteiger charge is -2.08. The first kappa shape index (κ1) is 11.8. The first-order valence-electron chi connectivity index (χ1n) is 5.02. The Balaban J connectivity index is 2.33. The summed E-state index contributed by atoms with van der Waals surface area (Å²) in [4.78, 5) is 8.29. The van der Waals surface area contributed by atoms with Crippen LogP contribution in [0.15, 0.2) is 12.3 Å². The number of hydrogen-bond donors (Lipinski definition) is 2. The normalized spacial score (nSPS) is 9.73. The molecule has 1 rings (SSSR count). The van der Waals surface area contributed by atoms with Crippen molar-refractivity contribution in [2.24, 2.45) is 0 Å². The summed E-state index contributed by atoms with van der Waals surface area (Å²) in [7, 11) is 0. The lowest BCUT2D eigenvalue weighted by molar-refractivity contribution is 0.784. The SMILES string of the molecule is CCCNC(=S)NCc1ccnc(C)n1. The molecule has 15 heavy (non-hydrogen) atoms. The van der Waals surface area contributed by atoms with Gasteiger partial charge in [0.1, 0.15) is 5.82 Å². The van der Waals surface area contributed by atoms with Crippen LogP contribution in [-0.2, 0) is 6.54 Å². The van der Waals surface area contributed by atoms with Crippen LogP contribution in [0.4, 0.5) is 0 Å². The van der Waals surface area contributed by atoms with E-state index in [1.165, 1.54) is 0 Å². The van der Waals surface area contributed by atoms with Crippen LogP contribution in [0.25, 0.3) is 0 Å². The van der Waals surface area contributed by atoms with Gasteiger partial charge in [-0.3, -0.25) is 0 Å². The molecule has 0 fully saturated rings. The Morgan fingerprint density at radius 3 is 2.93 bits per heavy atom. The van der Waals surface area contributed by atoms with Crippen molar-refractivity contribution in [3.8, 4) is 0 Å². The molecule has 0 bridgehead atoms. The van der Waals surface area contributed by atoms with Crippen LogP contribution < -0.4 is 10.6 Å². The monoisotopic (exact) mass is 224 g/mol. The zero-order valence-electron chi connectivity index (χ0n) is 9.08. The van der Waals surface area contributed by atoms with E-state index in [2.05, 4.69) is 27.5 Å². The number of nitrogens with zero attached hydrogens (tertiary/aromatic N) is 2. The average molecular weight is 224 g/mol. The number of nitrogens with one attached hydrogen (secondary N) is 2. The Labute approximate surface area is 95.5 Å². The van der Waals surface area contributed by atoms with E-state index in [0.29, 0.717) is 11.7 Å². The fourth-order valence-corrected chi connectivity index (χ4v) is 1.25. The molecule has 0 saturated heterocycles. The van der Waals surface area contributed by atoms with Crippen molar-refractivity contribution in [2.45, 2.75) is 26.8 Å². The summed E-state index contributed by atoms with van der Waals surface area (Å²) < 4.78 is 0. The quantitative estimate of drug-likeness (QED) is 0.752. The average Bonchev–Trinajstić information content (AvgIpc) is 2.23. The smallest absolute Gasteiger partial charge is 0.166 e. The minimum Gasteiger partial charge on any atom is -0.363 e. The molecule has 0 radical (unpaired) electrons. The number of thiocarbonyl (C=S) groups is 1. The Bertz CT molecular complexity index is 327. The fraction of sp³-hybridized carbons (Fsp3) is 0.500. The third kappa shape index (κ3) is 4.69. The van der Waals surface area contributed by atoms with E-state index in [1.807, 2.05) is 13.0 Å². The highest BCUT2D eigenvalue weighted by Gasteiger charge is 1.97. The number of aromatic nitrogens is 2. The van der Waals surface area contributed by atoms with E-state index in [4.69, 9.17) is 12.2 Å². The van der Waals surface area contributed by atoms with Gasteiger partial charge < -0.3 is 10.6 Å². The van der Waals surface area contributed by atoms with Gasteiger partial charge >= 0.3 is 0 Å². The highest BCUT2D eigenvalue weighted by molar-refractivity contribution is 7.80. The maximum absolute atomic E-state index is 5.09. The fourth-order valence-electron chi connectivity index (χ4n) is 1.08. The standard InChI is InChI=1S/C10H16N4S/c1-3-5-12-10(15)13-7-9-4-6-11-8(2)14-9/h4,6H,3,5,7H2,1-2H3,(H2,12,13,15). The summed E-state index contributed by atoms with van der Waals surface area (Å²) >= 11 is 5.09. The molecule has 0 amide bonds. The molecule has 1 aromatic rings. The topological polar surface area (TPSA) is 49.8 Å². The highest BCUT2D eigenvalue weighted by atomic mass is 32.1. The largest absolute Gasteiger partial charge is 0.363 e. The van der Waals surface area contributed by atoms with E-state index < -0.39 is 0 Å². The Kier molecular flexibility index (Phi) is 4.97. The summed E-state index contributed by atoms with van der Waals surface area (Å²) in [6, 6.07) is 1.88. The van der Waals surface area contributed by atoms with Gasteiger partial charge in [-0.2, -0.15) is 0 Å². The molecule has 0 aliphatic carbocycles. The minimum atomic E-state index is 0.638. The van der Waals surface area contributed by atoms with Gasteiger partial charge in [-0.25, -0.2) is 9.97 Å². The van der Waals surface area contributed by atoms with Gasteiger partial charge in [0.25, 0.3) is 0 Å². The van der Waals surface area contributed by atoms with E-state index in [0.717, 1.165) is 24.5 Å². The molecule has 0 atom stereocenters. The molecule has 0 aromatic carbocycles. The summed E-state index contributed by atoms with van der Waals surface area (Å²) in [6.07, 6.45) is 2.82. The second kappa shape index (κ2) is 6.29. The number of rotatable bonds is 4. The molecule has 1 heterocycles. The molecule has 1 aromatic heterocycles. The van der Waals surface area contributed by atoms with Gasteiger partial charge in [0.05, 0.1) is 12.2 Å². The van der Waals surface area contributed by atoms with Crippen LogP contribution in [0.3, 0.4) is 0 Å². The zero-order valence-corrected chi connectivity index (χ0v) is 9.90. The molecule has 0 saturated carbocycles. The predicted octanol–water partition coefficient (Wildman–Crippen LogP) is 1.16. The summed E-state index contributed by atoms with van der Waals surface area (Å²) in [5, 5.41) is 6.86. The molecule has 0 unspecified atom stereocenters. The molecule has 0 aliphatic rings. The summed E-state index contributed by atoms with van der Waals surface area (Å²) in [5.74, 6) is 0.779. The van der Waals surface area contributed by atoms with Gasteiger partial charge in [0.2, 0.25) is 0 Å². The van der Waals surface area contributed by atoms with E-state index in [1.54, 1.807) is 6.20 Å².